The quantitative estimate of drug-likeness (QED) is 0.791. The van der Waals surface area contributed by atoms with E-state index in [0.717, 1.165) is 0 Å². The van der Waals surface area contributed by atoms with Crippen molar-refractivity contribution in [2.75, 3.05) is 0 Å². The van der Waals surface area contributed by atoms with Gasteiger partial charge < -0.3 is 9.52 Å². The van der Waals surface area contributed by atoms with Crippen LogP contribution in [0.5, 0.6) is 0 Å². The first-order chi connectivity index (χ1) is 11.0. The van der Waals surface area contributed by atoms with Crippen LogP contribution in [0.1, 0.15) is 27.7 Å². The summed E-state index contributed by atoms with van der Waals surface area (Å²) in [4.78, 5) is 18.7. The number of benzene rings is 1. The molecule has 0 aliphatic rings. The summed E-state index contributed by atoms with van der Waals surface area (Å²) in [6.45, 7) is 0. The van der Waals surface area contributed by atoms with Gasteiger partial charge in [0.1, 0.15) is 17.4 Å². The van der Waals surface area contributed by atoms with E-state index in [0.29, 0.717) is 16.0 Å². The summed E-state index contributed by atoms with van der Waals surface area (Å²) in [5, 5.41) is 18.6. The molecule has 0 aliphatic heterocycles. The van der Waals surface area contributed by atoms with Gasteiger partial charge in [-0.25, -0.2) is 14.2 Å². The normalized spacial score (nSPS) is 10.7. The fourth-order valence-corrected chi connectivity index (χ4v) is 2.34. The van der Waals surface area contributed by atoms with Crippen molar-refractivity contribution in [1.82, 2.24) is 9.97 Å². The number of aromatic nitrogens is 2. The average molecular weight is 332 g/mol. The van der Waals surface area contributed by atoms with Gasteiger partial charge in [0.25, 0.3) is 0 Å². The molecule has 0 saturated heterocycles. The zero-order valence-corrected chi connectivity index (χ0v) is 12.1. The molecule has 1 N–H and O–H groups in total. The van der Waals surface area contributed by atoms with Crippen molar-refractivity contribution < 1.29 is 18.7 Å². The SMILES string of the molecule is N#Cc1nc(Cc2cc(F)c3ncc(Cl)cc3c2)oc1C(=O)O. The van der Waals surface area contributed by atoms with E-state index in [9.17, 15) is 9.18 Å². The highest BCUT2D eigenvalue weighted by Gasteiger charge is 2.19. The van der Waals surface area contributed by atoms with Crippen LogP contribution >= 0.6 is 11.6 Å². The zero-order chi connectivity index (χ0) is 16.6. The van der Waals surface area contributed by atoms with E-state index in [1.54, 1.807) is 18.2 Å². The highest BCUT2D eigenvalue weighted by Crippen LogP contribution is 2.23. The Labute approximate surface area is 133 Å². The van der Waals surface area contributed by atoms with Gasteiger partial charge in [-0.1, -0.05) is 11.6 Å². The lowest BCUT2D eigenvalue weighted by molar-refractivity contribution is 0.0660. The number of nitriles is 1. The van der Waals surface area contributed by atoms with Crippen molar-refractivity contribution in [1.29, 1.82) is 5.26 Å². The van der Waals surface area contributed by atoms with E-state index in [1.807, 2.05) is 0 Å². The molecule has 0 bridgehead atoms. The van der Waals surface area contributed by atoms with Gasteiger partial charge in [0.05, 0.1) is 5.02 Å². The molecule has 23 heavy (non-hydrogen) atoms. The minimum Gasteiger partial charge on any atom is -0.475 e. The number of pyridine rings is 1. The summed E-state index contributed by atoms with van der Waals surface area (Å²) in [7, 11) is 0. The van der Waals surface area contributed by atoms with Crippen molar-refractivity contribution in [3.8, 4) is 6.07 Å². The molecule has 0 spiro atoms. The molecule has 0 radical (unpaired) electrons. The Morgan fingerprint density at radius 2 is 2.22 bits per heavy atom. The first-order valence-electron chi connectivity index (χ1n) is 6.34. The van der Waals surface area contributed by atoms with Crippen LogP contribution in [0.2, 0.25) is 5.02 Å². The second-order valence-electron chi connectivity index (χ2n) is 4.68. The van der Waals surface area contributed by atoms with Crippen LogP contribution < -0.4 is 0 Å². The van der Waals surface area contributed by atoms with Crippen LogP contribution in [-0.4, -0.2) is 21.0 Å². The maximum atomic E-state index is 14.1. The summed E-state index contributed by atoms with van der Waals surface area (Å²) in [5.41, 5.74) is 0.342. The molecule has 6 nitrogen and oxygen atoms in total. The summed E-state index contributed by atoms with van der Waals surface area (Å²) in [6, 6.07) is 6.11. The number of carbonyl (C=O) groups is 1. The molecule has 2 aromatic heterocycles. The van der Waals surface area contributed by atoms with Crippen LogP contribution in [0.3, 0.4) is 0 Å². The Kier molecular flexibility index (Phi) is 3.68. The number of fused-ring (bicyclic) bond motifs is 1. The highest BCUT2D eigenvalue weighted by atomic mass is 35.5. The Hall–Kier alpha value is -2.98. The predicted molar refractivity (Wildman–Crippen MR) is 77.7 cm³/mol. The molecule has 0 unspecified atom stereocenters. The Balaban J connectivity index is 2.02. The minimum atomic E-state index is -1.39. The third-order valence-electron chi connectivity index (χ3n) is 3.09. The van der Waals surface area contributed by atoms with E-state index in [4.69, 9.17) is 26.4 Å². The topological polar surface area (TPSA) is 100 Å². The molecular weight excluding hydrogens is 325 g/mol. The van der Waals surface area contributed by atoms with Gasteiger partial charge in [-0.2, -0.15) is 5.26 Å². The Morgan fingerprint density at radius 3 is 2.87 bits per heavy atom. The lowest BCUT2D eigenvalue weighted by atomic mass is 10.1. The van der Waals surface area contributed by atoms with Crippen LogP contribution in [-0.2, 0) is 6.42 Å². The largest absolute Gasteiger partial charge is 0.475 e. The number of halogens is 2. The van der Waals surface area contributed by atoms with Crippen LogP contribution in [0.15, 0.2) is 28.8 Å². The third kappa shape index (κ3) is 2.84. The zero-order valence-electron chi connectivity index (χ0n) is 11.4. The molecule has 1 aromatic carbocycles. The maximum Gasteiger partial charge on any atom is 0.374 e. The summed E-state index contributed by atoms with van der Waals surface area (Å²) in [5.74, 6) is -2.46. The lowest BCUT2D eigenvalue weighted by Gasteiger charge is -2.03. The van der Waals surface area contributed by atoms with E-state index in [1.165, 1.54) is 12.3 Å². The van der Waals surface area contributed by atoms with Gasteiger partial charge >= 0.3 is 5.97 Å². The molecule has 0 aliphatic carbocycles. The van der Waals surface area contributed by atoms with Crippen molar-refractivity contribution in [3.05, 3.63) is 58.1 Å². The Morgan fingerprint density at radius 1 is 1.43 bits per heavy atom. The van der Waals surface area contributed by atoms with Crippen molar-refractivity contribution in [2.45, 2.75) is 6.42 Å². The molecule has 8 heteroatoms. The van der Waals surface area contributed by atoms with Crippen LogP contribution in [0.4, 0.5) is 4.39 Å². The Bertz CT molecular complexity index is 978. The summed E-state index contributed by atoms with van der Waals surface area (Å²) in [6.07, 6.45) is 1.38. The molecule has 2 heterocycles. The van der Waals surface area contributed by atoms with Gasteiger partial charge in [-0.05, 0) is 23.8 Å². The maximum absolute atomic E-state index is 14.1. The smallest absolute Gasteiger partial charge is 0.374 e. The minimum absolute atomic E-state index is 0.00712. The molecule has 3 aromatic rings. The molecule has 114 valence electrons. The highest BCUT2D eigenvalue weighted by molar-refractivity contribution is 6.31. The van der Waals surface area contributed by atoms with Crippen LogP contribution in [0, 0.1) is 17.1 Å². The molecule has 0 amide bonds. The number of carboxylic acid groups (broad SMARTS) is 1. The van der Waals surface area contributed by atoms with E-state index < -0.39 is 17.5 Å². The first-order valence-corrected chi connectivity index (χ1v) is 6.72. The number of hydrogen-bond donors (Lipinski definition) is 1. The lowest BCUT2D eigenvalue weighted by Crippen LogP contribution is -1.96. The molecular formula is C15H7ClFN3O3. The fraction of sp³-hybridized carbons (Fsp3) is 0.0667. The number of rotatable bonds is 3. The van der Waals surface area contributed by atoms with Gasteiger partial charge in [0, 0.05) is 18.0 Å². The van der Waals surface area contributed by atoms with E-state index in [2.05, 4.69) is 9.97 Å². The van der Waals surface area contributed by atoms with Gasteiger partial charge in [0.2, 0.25) is 11.7 Å². The second kappa shape index (κ2) is 5.66. The molecule has 0 saturated carbocycles. The summed E-state index contributed by atoms with van der Waals surface area (Å²) >= 11 is 5.84. The van der Waals surface area contributed by atoms with Crippen molar-refractivity contribution in [3.63, 3.8) is 0 Å². The van der Waals surface area contributed by atoms with E-state index >= 15 is 0 Å². The summed E-state index contributed by atoms with van der Waals surface area (Å²) < 4.78 is 19.1. The average Bonchev–Trinajstić information content (AvgIpc) is 2.90. The molecule has 0 fully saturated rings. The molecule has 3 rings (SSSR count). The number of oxazole rings is 1. The van der Waals surface area contributed by atoms with Gasteiger partial charge in [0.15, 0.2) is 5.69 Å². The number of aromatic carboxylic acids is 1. The monoisotopic (exact) mass is 331 g/mol. The van der Waals surface area contributed by atoms with Crippen molar-refractivity contribution >= 4 is 28.5 Å². The second-order valence-corrected chi connectivity index (χ2v) is 5.12. The predicted octanol–water partition coefficient (Wildman–Crippen LogP) is 3.18. The van der Waals surface area contributed by atoms with Crippen LogP contribution in [0.25, 0.3) is 10.9 Å². The van der Waals surface area contributed by atoms with E-state index in [-0.39, 0.29) is 23.5 Å². The van der Waals surface area contributed by atoms with Gasteiger partial charge in [-0.3, -0.25) is 4.98 Å². The first kappa shape index (κ1) is 14.9. The number of hydrogen-bond acceptors (Lipinski definition) is 5. The third-order valence-corrected chi connectivity index (χ3v) is 3.30. The number of carboxylic acids is 1. The standard InChI is InChI=1S/C15H7ClFN3O3/c16-9-4-8-1-7(2-10(17)13(8)19-6-9)3-12-20-11(5-18)14(23-12)15(21)22/h1-2,4,6H,3H2,(H,21,22). The number of nitrogens with zero attached hydrogens (tertiary/aromatic N) is 3. The molecule has 0 atom stereocenters. The fourth-order valence-electron chi connectivity index (χ4n) is 2.17. The van der Waals surface area contributed by atoms with Crippen molar-refractivity contribution in [2.24, 2.45) is 0 Å². The van der Waals surface area contributed by atoms with Gasteiger partial charge in [-0.15, -0.1) is 0 Å².